The van der Waals surface area contributed by atoms with E-state index in [4.69, 9.17) is 5.41 Å². The molecule has 1 aromatic carbocycles. The molecule has 0 atom stereocenters. The number of nitrogens with one attached hydrogen (secondary N) is 1. The average Bonchev–Trinajstić information content (AvgIpc) is 2.83. The van der Waals surface area contributed by atoms with Crippen molar-refractivity contribution in [3.8, 4) is 0 Å². The minimum atomic E-state index is -0.625. The molecule has 0 aromatic heterocycles. The van der Waals surface area contributed by atoms with Crippen molar-refractivity contribution in [3.63, 3.8) is 0 Å². The lowest BCUT2D eigenvalue weighted by Crippen LogP contribution is -2.23. The highest BCUT2D eigenvalue weighted by Gasteiger charge is 2.27. The van der Waals surface area contributed by atoms with E-state index < -0.39 is 10.9 Å². The number of nitro groups is 1. The summed E-state index contributed by atoms with van der Waals surface area (Å²) in [5.41, 5.74) is 0.249. The molecule has 1 aliphatic rings. The molecule has 1 N–H and O–H groups in total. The van der Waals surface area contributed by atoms with Gasteiger partial charge in [0.05, 0.1) is 17.6 Å². The highest BCUT2D eigenvalue weighted by atomic mass is 35.5. The van der Waals surface area contributed by atoms with Crippen LogP contribution in [0.15, 0.2) is 18.2 Å². The van der Waals surface area contributed by atoms with Gasteiger partial charge in [0.2, 0.25) is 0 Å². The van der Waals surface area contributed by atoms with Gasteiger partial charge in [-0.1, -0.05) is 11.8 Å². The minimum absolute atomic E-state index is 0. The number of nitro benzene ring substituents is 1. The van der Waals surface area contributed by atoms with Gasteiger partial charge in [0.1, 0.15) is 5.69 Å². The molecule has 20 heavy (non-hydrogen) atoms. The second kappa shape index (κ2) is 6.58. The summed E-state index contributed by atoms with van der Waals surface area (Å²) < 4.78 is 4.54. The Kier molecular flexibility index (Phi) is 5.34. The zero-order valence-electron chi connectivity index (χ0n) is 10.5. The number of benzene rings is 1. The van der Waals surface area contributed by atoms with Crippen molar-refractivity contribution < 1.29 is 14.5 Å². The van der Waals surface area contributed by atoms with E-state index in [1.165, 1.54) is 37.1 Å². The summed E-state index contributed by atoms with van der Waals surface area (Å²) in [6.07, 6.45) is 0. The molecule has 0 aliphatic carbocycles. The topological polar surface area (TPSA) is 96.5 Å². The zero-order valence-corrected chi connectivity index (χ0v) is 12.1. The minimum Gasteiger partial charge on any atom is -0.465 e. The molecule has 108 valence electrons. The Labute approximate surface area is 125 Å². The Morgan fingerprint density at radius 2 is 2.25 bits per heavy atom. The number of anilines is 1. The molecule has 0 amide bonds. The third-order valence-electron chi connectivity index (χ3n) is 2.68. The number of nitrogens with zero attached hydrogens (tertiary/aromatic N) is 2. The van der Waals surface area contributed by atoms with E-state index in [-0.39, 0.29) is 28.8 Å². The smallest absolute Gasteiger partial charge is 0.338 e. The normalized spacial score (nSPS) is 13.8. The van der Waals surface area contributed by atoms with Crippen molar-refractivity contribution in [2.75, 3.05) is 24.3 Å². The van der Waals surface area contributed by atoms with Crippen LogP contribution in [0.1, 0.15) is 10.4 Å². The fraction of sp³-hybridized carbons (Fsp3) is 0.273. The number of hydrogen-bond donors (Lipinski definition) is 1. The Hall–Kier alpha value is -1.80. The fourth-order valence-corrected chi connectivity index (χ4v) is 2.60. The van der Waals surface area contributed by atoms with Gasteiger partial charge in [-0.3, -0.25) is 15.5 Å². The van der Waals surface area contributed by atoms with Crippen LogP contribution < -0.4 is 4.90 Å². The number of hydrogen-bond acceptors (Lipinski definition) is 6. The predicted octanol–water partition coefficient (Wildman–Crippen LogP) is 2.29. The third-order valence-corrected chi connectivity index (χ3v) is 3.56. The molecule has 0 bridgehead atoms. The van der Waals surface area contributed by atoms with Crippen LogP contribution in [-0.4, -0.2) is 35.5 Å². The van der Waals surface area contributed by atoms with Crippen LogP contribution in [0.5, 0.6) is 0 Å². The van der Waals surface area contributed by atoms with Gasteiger partial charge in [-0.15, -0.1) is 12.4 Å². The first-order valence-electron chi connectivity index (χ1n) is 5.40. The number of amidine groups is 1. The molecule has 1 fully saturated rings. The molecule has 7 nitrogen and oxygen atoms in total. The molecule has 1 heterocycles. The number of thioether (sulfide) groups is 1. The van der Waals surface area contributed by atoms with Crippen molar-refractivity contribution in [1.82, 2.24) is 0 Å². The van der Waals surface area contributed by atoms with Crippen LogP contribution in [0.2, 0.25) is 0 Å². The van der Waals surface area contributed by atoms with Crippen LogP contribution >= 0.6 is 24.2 Å². The molecule has 9 heteroatoms. The summed E-state index contributed by atoms with van der Waals surface area (Å²) >= 11 is 1.33. The lowest BCUT2D eigenvalue weighted by atomic mass is 10.1. The van der Waals surface area contributed by atoms with Gasteiger partial charge in [-0.2, -0.15) is 0 Å². The van der Waals surface area contributed by atoms with Gasteiger partial charge in [-0.05, 0) is 12.1 Å². The van der Waals surface area contributed by atoms with Crippen molar-refractivity contribution in [2.45, 2.75) is 0 Å². The van der Waals surface area contributed by atoms with E-state index in [1.54, 1.807) is 4.90 Å². The molecular formula is C11H12ClN3O4S. The first-order chi connectivity index (χ1) is 9.04. The number of methoxy groups -OCH3 is 1. The zero-order chi connectivity index (χ0) is 14.0. The SMILES string of the molecule is COC(=O)c1ccc(N2CCSC2=N)c([N+](=O)[O-])c1.Cl. The number of halogens is 1. The van der Waals surface area contributed by atoms with Crippen LogP contribution in [-0.2, 0) is 4.74 Å². The maximum atomic E-state index is 11.4. The predicted molar refractivity (Wildman–Crippen MR) is 79.2 cm³/mol. The molecule has 0 unspecified atom stereocenters. The second-order valence-corrected chi connectivity index (χ2v) is 4.84. The maximum absolute atomic E-state index is 11.4. The standard InChI is InChI=1S/C11H11N3O4S.ClH/c1-18-10(15)7-2-3-8(9(6-7)14(16)17)13-4-5-19-11(13)12;/h2-3,6,12H,4-5H2,1H3;1H. The number of ether oxygens (including phenoxy) is 1. The van der Waals surface area contributed by atoms with Crippen LogP contribution in [0.25, 0.3) is 0 Å². The van der Waals surface area contributed by atoms with Gasteiger partial charge in [0.25, 0.3) is 5.69 Å². The largest absolute Gasteiger partial charge is 0.465 e. The monoisotopic (exact) mass is 317 g/mol. The van der Waals surface area contributed by atoms with Gasteiger partial charge in [-0.25, -0.2) is 4.79 Å². The molecule has 0 spiro atoms. The van der Waals surface area contributed by atoms with Gasteiger partial charge in [0.15, 0.2) is 5.17 Å². The number of rotatable bonds is 3. The fourth-order valence-electron chi connectivity index (χ4n) is 1.79. The molecule has 1 aromatic rings. The van der Waals surface area contributed by atoms with E-state index in [0.29, 0.717) is 12.2 Å². The van der Waals surface area contributed by atoms with Gasteiger partial charge < -0.3 is 9.64 Å². The molecule has 2 rings (SSSR count). The summed E-state index contributed by atoms with van der Waals surface area (Å²) in [7, 11) is 1.22. The first kappa shape index (κ1) is 16.3. The highest BCUT2D eigenvalue weighted by Crippen LogP contribution is 2.33. The third kappa shape index (κ3) is 3.02. The second-order valence-electron chi connectivity index (χ2n) is 3.76. The summed E-state index contributed by atoms with van der Waals surface area (Å²) in [4.78, 5) is 23.5. The molecule has 0 radical (unpaired) electrons. The molecule has 1 saturated heterocycles. The van der Waals surface area contributed by atoms with Crippen molar-refractivity contribution >= 4 is 46.7 Å². The summed E-state index contributed by atoms with van der Waals surface area (Å²) in [6, 6.07) is 4.12. The van der Waals surface area contributed by atoms with Gasteiger partial charge >= 0.3 is 5.97 Å². The Morgan fingerprint density at radius 1 is 1.55 bits per heavy atom. The summed E-state index contributed by atoms with van der Waals surface area (Å²) in [5, 5.41) is 19.1. The number of carbonyl (C=O) groups is 1. The summed E-state index contributed by atoms with van der Waals surface area (Å²) in [5.74, 6) is 0.0925. The lowest BCUT2D eigenvalue weighted by Gasteiger charge is -2.16. The van der Waals surface area contributed by atoms with Crippen molar-refractivity contribution in [3.05, 3.63) is 33.9 Å². The van der Waals surface area contributed by atoms with Crippen LogP contribution in [0.4, 0.5) is 11.4 Å². The lowest BCUT2D eigenvalue weighted by molar-refractivity contribution is -0.384. The van der Waals surface area contributed by atoms with E-state index >= 15 is 0 Å². The van der Waals surface area contributed by atoms with Crippen LogP contribution in [0.3, 0.4) is 0 Å². The summed E-state index contributed by atoms with van der Waals surface area (Å²) in [6.45, 7) is 0.544. The molecule has 0 saturated carbocycles. The Morgan fingerprint density at radius 3 is 2.75 bits per heavy atom. The molecular weight excluding hydrogens is 306 g/mol. The number of esters is 1. The quantitative estimate of drug-likeness (QED) is 0.522. The first-order valence-corrected chi connectivity index (χ1v) is 6.39. The number of carbonyl (C=O) groups excluding carboxylic acids is 1. The van der Waals surface area contributed by atoms with E-state index in [1.807, 2.05) is 0 Å². The van der Waals surface area contributed by atoms with Gasteiger partial charge in [0, 0.05) is 18.4 Å². The van der Waals surface area contributed by atoms with Crippen molar-refractivity contribution in [2.24, 2.45) is 0 Å². The van der Waals surface area contributed by atoms with E-state index in [0.717, 1.165) is 5.75 Å². The highest BCUT2D eigenvalue weighted by molar-refractivity contribution is 8.14. The Bertz CT molecular complexity index is 567. The maximum Gasteiger partial charge on any atom is 0.338 e. The Balaban J connectivity index is 0.00000200. The molecule has 1 aliphatic heterocycles. The van der Waals surface area contributed by atoms with Crippen LogP contribution in [0, 0.1) is 15.5 Å². The average molecular weight is 318 g/mol. The van der Waals surface area contributed by atoms with E-state index in [2.05, 4.69) is 4.74 Å². The van der Waals surface area contributed by atoms with Crippen molar-refractivity contribution in [1.29, 1.82) is 5.41 Å². The van der Waals surface area contributed by atoms with E-state index in [9.17, 15) is 14.9 Å².